The highest BCUT2D eigenvalue weighted by molar-refractivity contribution is 5.68. The molecule has 0 aliphatic carbocycles. The number of carbonyl (C=O) groups is 1. The average molecular weight is 321 g/mol. The van der Waals surface area contributed by atoms with Crippen molar-refractivity contribution in [3.63, 3.8) is 0 Å². The Bertz CT molecular complexity index is 521. The van der Waals surface area contributed by atoms with Crippen LogP contribution in [0, 0.1) is 5.92 Å². The number of piperidine rings is 1. The molecule has 5 nitrogen and oxygen atoms in total. The zero-order valence-electron chi connectivity index (χ0n) is 14.4. The number of carbonyl (C=O) groups excluding carboxylic acids is 1. The number of aliphatic hydroxyl groups excluding tert-OH is 1. The summed E-state index contributed by atoms with van der Waals surface area (Å²) in [6.07, 6.45) is 0.515. The van der Waals surface area contributed by atoms with Crippen LogP contribution < -0.4 is 4.74 Å². The maximum absolute atomic E-state index is 12.2. The maximum Gasteiger partial charge on any atom is 0.410 e. The van der Waals surface area contributed by atoms with E-state index < -0.39 is 5.60 Å². The van der Waals surface area contributed by atoms with Crippen molar-refractivity contribution >= 4 is 6.09 Å². The van der Waals surface area contributed by atoms with Gasteiger partial charge in [0.1, 0.15) is 11.4 Å². The molecule has 1 aliphatic heterocycles. The fourth-order valence-electron chi connectivity index (χ4n) is 3.00. The van der Waals surface area contributed by atoms with Crippen LogP contribution in [0.2, 0.25) is 0 Å². The van der Waals surface area contributed by atoms with Gasteiger partial charge in [0.2, 0.25) is 0 Å². The summed E-state index contributed by atoms with van der Waals surface area (Å²) in [6.45, 7) is 6.79. The summed E-state index contributed by atoms with van der Waals surface area (Å²) in [6, 6.07) is 7.94. The first-order valence-electron chi connectivity index (χ1n) is 8.07. The SMILES string of the molecule is COc1ccc([C@@H]2CCN(C(=O)OC(C)(C)C)CC2CO)cc1. The van der Waals surface area contributed by atoms with Gasteiger partial charge >= 0.3 is 6.09 Å². The third-order valence-electron chi connectivity index (χ3n) is 4.16. The number of ether oxygens (including phenoxy) is 2. The highest BCUT2D eigenvalue weighted by atomic mass is 16.6. The van der Waals surface area contributed by atoms with Crippen molar-refractivity contribution in [3.05, 3.63) is 29.8 Å². The predicted molar refractivity (Wildman–Crippen MR) is 88.7 cm³/mol. The number of benzene rings is 1. The van der Waals surface area contributed by atoms with E-state index in [2.05, 4.69) is 0 Å². The van der Waals surface area contributed by atoms with E-state index >= 15 is 0 Å². The normalized spacial score (nSPS) is 21.9. The minimum Gasteiger partial charge on any atom is -0.497 e. The molecule has 1 N–H and O–H groups in total. The third kappa shape index (κ3) is 4.61. The summed E-state index contributed by atoms with van der Waals surface area (Å²) < 4.78 is 10.6. The van der Waals surface area contributed by atoms with Crippen molar-refractivity contribution in [2.24, 2.45) is 5.92 Å². The van der Waals surface area contributed by atoms with Crippen LogP contribution in [0.4, 0.5) is 4.79 Å². The molecule has 2 rings (SSSR count). The Hall–Kier alpha value is -1.75. The van der Waals surface area contributed by atoms with Gasteiger partial charge in [-0.25, -0.2) is 4.79 Å². The second kappa shape index (κ2) is 7.21. The molecule has 0 bridgehead atoms. The summed E-state index contributed by atoms with van der Waals surface area (Å²) in [5.74, 6) is 1.08. The molecule has 0 spiro atoms. The number of methoxy groups -OCH3 is 1. The largest absolute Gasteiger partial charge is 0.497 e. The van der Waals surface area contributed by atoms with E-state index in [1.54, 1.807) is 12.0 Å². The molecule has 1 amide bonds. The van der Waals surface area contributed by atoms with Crippen molar-refractivity contribution in [1.82, 2.24) is 4.90 Å². The lowest BCUT2D eigenvalue weighted by atomic mass is 9.81. The van der Waals surface area contributed by atoms with Gasteiger partial charge in [0.05, 0.1) is 7.11 Å². The summed E-state index contributed by atoms with van der Waals surface area (Å²) in [4.78, 5) is 13.9. The molecule has 23 heavy (non-hydrogen) atoms. The molecular weight excluding hydrogens is 294 g/mol. The second-order valence-corrected chi connectivity index (χ2v) is 7.04. The molecule has 128 valence electrons. The van der Waals surface area contributed by atoms with Crippen LogP contribution in [0.5, 0.6) is 5.75 Å². The van der Waals surface area contributed by atoms with E-state index in [0.717, 1.165) is 12.2 Å². The molecule has 1 aliphatic rings. The molecule has 1 aromatic rings. The lowest BCUT2D eigenvalue weighted by molar-refractivity contribution is 0.0102. The maximum atomic E-state index is 12.2. The van der Waals surface area contributed by atoms with Crippen LogP contribution in [-0.2, 0) is 4.74 Å². The predicted octanol–water partition coefficient (Wildman–Crippen LogP) is 3.03. The molecule has 5 heteroatoms. The standard InChI is InChI=1S/C18H27NO4/c1-18(2,3)23-17(21)19-10-9-16(14(11-19)12-20)13-5-7-15(22-4)8-6-13/h5-8,14,16,20H,9-12H2,1-4H3/t14?,16-/m0/s1. The van der Waals surface area contributed by atoms with Gasteiger partial charge in [-0.3, -0.25) is 0 Å². The molecule has 1 aromatic carbocycles. The Kier molecular flexibility index (Phi) is 5.52. The van der Waals surface area contributed by atoms with Crippen molar-refractivity contribution < 1.29 is 19.4 Å². The highest BCUT2D eigenvalue weighted by Gasteiger charge is 2.33. The molecule has 1 fully saturated rings. The number of hydrogen-bond donors (Lipinski definition) is 1. The Balaban J connectivity index is 2.05. The van der Waals surface area contributed by atoms with Gasteiger partial charge in [-0.05, 0) is 50.8 Å². The van der Waals surface area contributed by atoms with E-state index in [1.165, 1.54) is 5.56 Å². The van der Waals surface area contributed by atoms with Gasteiger partial charge in [-0.2, -0.15) is 0 Å². The number of aliphatic hydroxyl groups is 1. The molecular formula is C18H27NO4. The monoisotopic (exact) mass is 321 g/mol. The topological polar surface area (TPSA) is 59.0 Å². The number of nitrogens with zero attached hydrogens (tertiary/aromatic N) is 1. The fourth-order valence-corrected chi connectivity index (χ4v) is 3.00. The van der Waals surface area contributed by atoms with Crippen molar-refractivity contribution in [3.8, 4) is 5.75 Å². The number of likely N-dealkylation sites (tertiary alicyclic amines) is 1. The van der Waals surface area contributed by atoms with Gasteiger partial charge in [0.15, 0.2) is 0 Å². The van der Waals surface area contributed by atoms with Crippen molar-refractivity contribution in [2.45, 2.75) is 38.7 Å². The Morgan fingerprint density at radius 3 is 2.48 bits per heavy atom. The molecule has 2 atom stereocenters. The van der Waals surface area contributed by atoms with E-state index in [-0.39, 0.29) is 24.5 Å². The van der Waals surface area contributed by atoms with E-state index in [4.69, 9.17) is 9.47 Å². The van der Waals surface area contributed by atoms with Crippen LogP contribution in [0.15, 0.2) is 24.3 Å². The van der Waals surface area contributed by atoms with E-state index in [1.807, 2.05) is 45.0 Å². The Morgan fingerprint density at radius 1 is 1.30 bits per heavy atom. The Morgan fingerprint density at radius 2 is 1.96 bits per heavy atom. The first-order valence-corrected chi connectivity index (χ1v) is 8.07. The quantitative estimate of drug-likeness (QED) is 0.929. The summed E-state index contributed by atoms with van der Waals surface area (Å²) in [5.41, 5.74) is 0.673. The molecule has 1 heterocycles. The number of hydrogen-bond acceptors (Lipinski definition) is 4. The van der Waals surface area contributed by atoms with E-state index in [9.17, 15) is 9.90 Å². The van der Waals surface area contributed by atoms with Gasteiger partial charge < -0.3 is 19.5 Å². The minimum absolute atomic E-state index is 0.0182. The molecule has 1 saturated heterocycles. The van der Waals surface area contributed by atoms with Crippen LogP contribution in [0.1, 0.15) is 38.7 Å². The van der Waals surface area contributed by atoms with Gasteiger partial charge in [-0.15, -0.1) is 0 Å². The van der Waals surface area contributed by atoms with E-state index in [0.29, 0.717) is 13.1 Å². The van der Waals surface area contributed by atoms with Gasteiger partial charge in [0.25, 0.3) is 0 Å². The Labute approximate surface area is 138 Å². The third-order valence-corrected chi connectivity index (χ3v) is 4.16. The van der Waals surface area contributed by atoms with Crippen LogP contribution in [-0.4, -0.2) is 48.5 Å². The van der Waals surface area contributed by atoms with Crippen LogP contribution >= 0.6 is 0 Å². The van der Waals surface area contributed by atoms with Crippen molar-refractivity contribution in [2.75, 3.05) is 26.8 Å². The second-order valence-electron chi connectivity index (χ2n) is 7.04. The van der Waals surface area contributed by atoms with Crippen molar-refractivity contribution in [1.29, 1.82) is 0 Å². The first-order chi connectivity index (χ1) is 10.8. The molecule has 0 saturated carbocycles. The number of amides is 1. The molecule has 1 unspecified atom stereocenters. The minimum atomic E-state index is -0.501. The highest BCUT2D eigenvalue weighted by Crippen LogP contribution is 2.34. The van der Waals surface area contributed by atoms with Crippen LogP contribution in [0.3, 0.4) is 0 Å². The number of rotatable bonds is 3. The summed E-state index contributed by atoms with van der Waals surface area (Å²) >= 11 is 0. The smallest absolute Gasteiger partial charge is 0.410 e. The average Bonchev–Trinajstić information content (AvgIpc) is 2.52. The van der Waals surface area contributed by atoms with Crippen LogP contribution in [0.25, 0.3) is 0 Å². The molecule has 0 radical (unpaired) electrons. The lowest BCUT2D eigenvalue weighted by Gasteiger charge is -2.38. The van der Waals surface area contributed by atoms with Gasteiger partial charge in [0, 0.05) is 25.6 Å². The molecule has 0 aromatic heterocycles. The lowest BCUT2D eigenvalue weighted by Crippen LogP contribution is -2.46. The van der Waals surface area contributed by atoms with Gasteiger partial charge in [-0.1, -0.05) is 12.1 Å². The fraction of sp³-hybridized carbons (Fsp3) is 0.611. The summed E-state index contributed by atoms with van der Waals surface area (Å²) in [7, 11) is 1.64. The summed E-state index contributed by atoms with van der Waals surface area (Å²) in [5, 5.41) is 9.75. The zero-order chi connectivity index (χ0) is 17.0. The first kappa shape index (κ1) is 17.6. The zero-order valence-corrected chi connectivity index (χ0v) is 14.4.